The van der Waals surface area contributed by atoms with Crippen LogP contribution >= 0.6 is 11.3 Å². The number of morpholine rings is 1. The second-order valence-electron chi connectivity index (χ2n) is 6.54. The van der Waals surface area contributed by atoms with Crippen molar-refractivity contribution in [2.75, 3.05) is 32.8 Å². The molecule has 2 aliphatic rings. The van der Waals surface area contributed by atoms with Crippen LogP contribution in [0.1, 0.15) is 34.2 Å². The molecule has 0 unspecified atom stereocenters. The molecule has 9 heteroatoms. The highest BCUT2D eigenvalue weighted by atomic mass is 32.2. The number of nitrogens with zero attached hydrogens (tertiary/aromatic N) is 2. The lowest BCUT2D eigenvalue weighted by molar-refractivity contribution is -0.00343. The Bertz CT molecular complexity index is 935. The Kier molecular flexibility index (Phi) is 4.74. The Labute approximate surface area is 156 Å². The van der Waals surface area contributed by atoms with Gasteiger partial charge in [-0.05, 0) is 24.3 Å². The third kappa shape index (κ3) is 3.03. The first-order chi connectivity index (χ1) is 12.5. The van der Waals surface area contributed by atoms with Crippen LogP contribution in [0.4, 0.5) is 0 Å². The van der Waals surface area contributed by atoms with Crippen molar-refractivity contribution in [3.63, 3.8) is 0 Å². The van der Waals surface area contributed by atoms with E-state index in [9.17, 15) is 13.2 Å². The van der Waals surface area contributed by atoms with Crippen LogP contribution in [0.5, 0.6) is 0 Å². The number of carbonyl (C=O) groups excluding carboxylic acids is 1. The number of amides is 1. The smallest absolute Gasteiger partial charge is 0.282 e. The molecule has 0 radical (unpaired) electrons. The van der Waals surface area contributed by atoms with Gasteiger partial charge >= 0.3 is 0 Å². The summed E-state index contributed by atoms with van der Waals surface area (Å²) in [5, 5.41) is 0.900. The average molecular weight is 396 g/mol. The molecule has 1 amide bonds. The lowest BCUT2D eigenvalue weighted by Crippen LogP contribution is -2.48. The molecule has 1 aromatic carbocycles. The summed E-state index contributed by atoms with van der Waals surface area (Å²) in [6.45, 7) is 1.94. The summed E-state index contributed by atoms with van der Waals surface area (Å²) in [6, 6.07) is 7.65. The summed E-state index contributed by atoms with van der Waals surface area (Å²) in [6.07, 6.45) is 1.29. The van der Waals surface area contributed by atoms with E-state index in [1.807, 2.05) is 24.3 Å². The maximum atomic E-state index is 12.9. The Morgan fingerprint density at radius 2 is 1.88 bits per heavy atom. The van der Waals surface area contributed by atoms with Crippen molar-refractivity contribution < 1.29 is 17.9 Å². The number of ether oxygens (including phenoxy) is 1. The zero-order valence-electron chi connectivity index (χ0n) is 14.3. The number of nitrogens with two attached hydrogens (primary N) is 1. The minimum absolute atomic E-state index is 0.194. The van der Waals surface area contributed by atoms with Crippen LogP contribution in [0.15, 0.2) is 24.3 Å². The van der Waals surface area contributed by atoms with Crippen molar-refractivity contribution in [3.8, 4) is 0 Å². The molecule has 2 aliphatic heterocycles. The van der Waals surface area contributed by atoms with Crippen LogP contribution in [0.2, 0.25) is 0 Å². The molecular weight excluding hydrogens is 374 g/mol. The van der Waals surface area contributed by atoms with Gasteiger partial charge in [0, 0.05) is 36.4 Å². The van der Waals surface area contributed by atoms with Crippen molar-refractivity contribution in [1.82, 2.24) is 8.61 Å². The predicted molar refractivity (Wildman–Crippen MR) is 100 cm³/mol. The molecule has 0 spiro atoms. The van der Waals surface area contributed by atoms with Crippen molar-refractivity contribution in [1.29, 1.82) is 0 Å². The van der Waals surface area contributed by atoms with Gasteiger partial charge in [0.25, 0.3) is 16.1 Å². The average Bonchev–Trinajstić information content (AvgIpc) is 3.30. The highest BCUT2D eigenvalue weighted by molar-refractivity contribution is 7.86. The molecule has 7 nitrogen and oxygen atoms in total. The highest BCUT2D eigenvalue weighted by Gasteiger charge is 2.37. The SMILES string of the molecule is NC(=O)c1sc2ccccc2c1[C@@H]1CN(S(=O)(=O)N2CCCC2)CCO1. The van der Waals surface area contributed by atoms with Gasteiger partial charge in [-0.2, -0.15) is 17.0 Å². The highest BCUT2D eigenvalue weighted by Crippen LogP contribution is 2.38. The fourth-order valence-corrected chi connectivity index (χ4v) is 6.44. The number of thiophene rings is 1. The molecule has 26 heavy (non-hydrogen) atoms. The summed E-state index contributed by atoms with van der Waals surface area (Å²) in [4.78, 5) is 12.4. The van der Waals surface area contributed by atoms with E-state index in [1.54, 1.807) is 0 Å². The minimum atomic E-state index is -3.50. The van der Waals surface area contributed by atoms with Gasteiger partial charge < -0.3 is 10.5 Å². The lowest BCUT2D eigenvalue weighted by atomic mass is 10.0. The van der Waals surface area contributed by atoms with Gasteiger partial charge in [0.2, 0.25) is 0 Å². The summed E-state index contributed by atoms with van der Waals surface area (Å²) in [7, 11) is -3.50. The molecule has 1 atom stereocenters. The van der Waals surface area contributed by atoms with Gasteiger partial charge in [-0.15, -0.1) is 11.3 Å². The third-order valence-electron chi connectivity index (χ3n) is 4.93. The first-order valence-corrected chi connectivity index (χ1v) is 10.9. The third-order valence-corrected chi connectivity index (χ3v) is 8.13. The van der Waals surface area contributed by atoms with E-state index < -0.39 is 22.2 Å². The van der Waals surface area contributed by atoms with E-state index in [1.165, 1.54) is 19.9 Å². The molecule has 2 fully saturated rings. The predicted octanol–water partition coefficient (Wildman–Crippen LogP) is 1.71. The number of hydrogen-bond donors (Lipinski definition) is 1. The van der Waals surface area contributed by atoms with Gasteiger partial charge in [-0.1, -0.05) is 18.2 Å². The number of carbonyl (C=O) groups is 1. The van der Waals surface area contributed by atoms with Crippen LogP contribution in [-0.2, 0) is 14.9 Å². The summed E-state index contributed by atoms with van der Waals surface area (Å²) >= 11 is 1.33. The standard InChI is InChI=1S/C17H21N3O4S2/c18-17(21)16-15(12-5-1-2-6-14(12)25-16)13-11-20(9-10-24-13)26(22,23)19-7-3-4-8-19/h1-2,5-6,13H,3-4,7-11H2,(H2,18,21)/t13-/m0/s1. The fraction of sp³-hybridized carbons (Fsp3) is 0.471. The zero-order chi connectivity index (χ0) is 18.3. The maximum absolute atomic E-state index is 12.9. The Balaban J connectivity index is 1.69. The number of rotatable bonds is 4. The van der Waals surface area contributed by atoms with E-state index in [0.29, 0.717) is 36.7 Å². The topological polar surface area (TPSA) is 92.9 Å². The van der Waals surface area contributed by atoms with Gasteiger partial charge in [-0.3, -0.25) is 4.79 Å². The lowest BCUT2D eigenvalue weighted by Gasteiger charge is -2.34. The quantitative estimate of drug-likeness (QED) is 0.853. The van der Waals surface area contributed by atoms with Gasteiger partial charge in [0.1, 0.15) is 0 Å². The van der Waals surface area contributed by atoms with Crippen LogP contribution in [0, 0.1) is 0 Å². The first-order valence-electron chi connectivity index (χ1n) is 8.66. The number of hydrogen-bond acceptors (Lipinski definition) is 5. The summed E-state index contributed by atoms with van der Waals surface area (Å²) < 4.78 is 35.6. The Morgan fingerprint density at radius 1 is 1.15 bits per heavy atom. The van der Waals surface area contributed by atoms with Crippen molar-refractivity contribution >= 4 is 37.5 Å². The van der Waals surface area contributed by atoms with Gasteiger partial charge in [0.15, 0.2) is 0 Å². The second-order valence-corrected chi connectivity index (χ2v) is 9.52. The van der Waals surface area contributed by atoms with E-state index in [2.05, 4.69) is 0 Å². The molecule has 4 rings (SSSR count). The Morgan fingerprint density at radius 3 is 2.62 bits per heavy atom. The van der Waals surface area contributed by atoms with E-state index in [0.717, 1.165) is 22.9 Å². The first kappa shape index (κ1) is 17.9. The Hall–Kier alpha value is -1.52. The van der Waals surface area contributed by atoms with E-state index in [-0.39, 0.29) is 6.54 Å². The van der Waals surface area contributed by atoms with Crippen molar-refractivity contribution in [2.45, 2.75) is 18.9 Å². The number of primary amides is 1. The largest absolute Gasteiger partial charge is 0.371 e. The van der Waals surface area contributed by atoms with Crippen LogP contribution in [0.25, 0.3) is 10.1 Å². The molecule has 2 saturated heterocycles. The maximum Gasteiger partial charge on any atom is 0.282 e. The van der Waals surface area contributed by atoms with Crippen LogP contribution in [0.3, 0.4) is 0 Å². The molecule has 0 aliphatic carbocycles. The van der Waals surface area contributed by atoms with Crippen LogP contribution in [-0.4, -0.2) is 55.7 Å². The molecule has 140 valence electrons. The van der Waals surface area contributed by atoms with Crippen LogP contribution < -0.4 is 5.73 Å². The van der Waals surface area contributed by atoms with E-state index in [4.69, 9.17) is 10.5 Å². The minimum Gasteiger partial charge on any atom is -0.371 e. The zero-order valence-corrected chi connectivity index (χ0v) is 15.9. The molecular formula is C17H21N3O4S2. The molecule has 1 aromatic heterocycles. The van der Waals surface area contributed by atoms with Gasteiger partial charge in [0.05, 0.1) is 17.6 Å². The molecule has 2 aromatic rings. The normalized spacial score (nSPS) is 22.8. The second kappa shape index (κ2) is 6.90. The summed E-state index contributed by atoms with van der Waals surface area (Å²) in [5.41, 5.74) is 6.29. The molecule has 3 heterocycles. The fourth-order valence-electron chi connectivity index (χ4n) is 3.66. The number of fused-ring (bicyclic) bond motifs is 1. The molecule has 2 N–H and O–H groups in total. The monoisotopic (exact) mass is 395 g/mol. The molecule has 0 bridgehead atoms. The van der Waals surface area contributed by atoms with Crippen molar-refractivity contribution in [3.05, 3.63) is 34.7 Å². The molecule has 0 saturated carbocycles. The summed E-state index contributed by atoms with van der Waals surface area (Å²) in [5.74, 6) is -0.510. The number of benzene rings is 1. The van der Waals surface area contributed by atoms with Crippen molar-refractivity contribution in [2.24, 2.45) is 5.73 Å². The van der Waals surface area contributed by atoms with Gasteiger partial charge in [-0.25, -0.2) is 0 Å². The van der Waals surface area contributed by atoms with E-state index >= 15 is 0 Å².